The molecule has 10 rings (SSSR count). The van der Waals surface area contributed by atoms with Crippen LogP contribution in [0.2, 0.25) is 0 Å². The summed E-state index contributed by atoms with van der Waals surface area (Å²) in [6.07, 6.45) is 0. The molecule has 49 heavy (non-hydrogen) atoms. The Hall–Kier alpha value is -6.16. The molecule has 2 nitrogen and oxygen atoms in total. The van der Waals surface area contributed by atoms with Crippen molar-refractivity contribution >= 4 is 81.3 Å². The van der Waals surface area contributed by atoms with Gasteiger partial charge in [-0.1, -0.05) is 115 Å². The number of hydrogen-bond donors (Lipinski definition) is 0. The van der Waals surface area contributed by atoms with E-state index in [-0.39, 0.29) is 0 Å². The molecule has 0 fully saturated rings. The summed E-state index contributed by atoms with van der Waals surface area (Å²) < 4.78 is 9.06. The number of fused-ring (bicyclic) bond motifs is 9. The van der Waals surface area contributed by atoms with Crippen molar-refractivity contribution in [1.29, 1.82) is 0 Å². The van der Waals surface area contributed by atoms with Gasteiger partial charge in [-0.2, -0.15) is 0 Å². The fourth-order valence-corrected chi connectivity index (χ4v) is 8.68. The number of anilines is 3. The zero-order valence-electron chi connectivity index (χ0n) is 26.5. The summed E-state index contributed by atoms with van der Waals surface area (Å²) >= 11 is 1.86. The summed E-state index contributed by atoms with van der Waals surface area (Å²) in [5.74, 6) is 0. The molecule has 2 aromatic heterocycles. The Morgan fingerprint density at radius 2 is 1.04 bits per heavy atom. The maximum Gasteiger partial charge on any atom is 0.136 e. The minimum Gasteiger partial charge on any atom is -0.456 e. The van der Waals surface area contributed by atoms with Crippen LogP contribution in [0.4, 0.5) is 17.1 Å². The fraction of sp³-hybridized carbons (Fsp3) is 0. The highest BCUT2D eigenvalue weighted by atomic mass is 32.1. The minimum atomic E-state index is 0.898. The topological polar surface area (TPSA) is 16.4 Å². The molecule has 0 unspecified atom stereocenters. The molecule has 0 saturated heterocycles. The first-order valence-corrected chi connectivity index (χ1v) is 17.4. The van der Waals surface area contributed by atoms with E-state index < -0.39 is 0 Å². The Morgan fingerprint density at radius 1 is 0.408 bits per heavy atom. The molecule has 0 saturated carbocycles. The van der Waals surface area contributed by atoms with Crippen LogP contribution in [0.15, 0.2) is 180 Å². The summed E-state index contributed by atoms with van der Waals surface area (Å²) in [6, 6.07) is 63.0. The minimum absolute atomic E-state index is 0.898. The normalized spacial score (nSPS) is 11.7. The number of benzene rings is 8. The van der Waals surface area contributed by atoms with Crippen molar-refractivity contribution < 1.29 is 4.42 Å². The lowest BCUT2D eigenvalue weighted by atomic mass is 9.94. The van der Waals surface area contributed by atoms with Gasteiger partial charge in [0.2, 0.25) is 0 Å². The molecule has 0 amide bonds. The van der Waals surface area contributed by atoms with Gasteiger partial charge in [-0.05, 0) is 93.7 Å². The number of rotatable bonds is 5. The number of hydrogen-bond acceptors (Lipinski definition) is 3. The highest BCUT2D eigenvalue weighted by molar-refractivity contribution is 7.27. The standard InChI is InChI=1S/C46H29NOS/c1-3-11-30(12-4-1)36-16-9-10-17-37(36)32-19-22-34(23-20-32)47(33-14-5-2-6-15-33)35-24-26-41-40(29-35)45-42(48-41)27-25-39-44-38-18-8-7-13-31(38)21-28-43(44)49-46(39)45/h1-29H. The number of furan rings is 1. The van der Waals surface area contributed by atoms with E-state index in [1.165, 1.54) is 58.6 Å². The molecular formula is C46H29NOS. The van der Waals surface area contributed by atoms with Crippen molar-refractivity contribution in [3.63, 3.8) is 0 Å². The molecular weight excluding hydrogens is 615 g/mol. The van der Waals surface area contributed by atoms with Crippen LogP contribution in [-0.2, 0) is 0 Å². The molecule has 0 aliphatic rings. The van der Waals surface area contributed by atoms with Crippen molar-refractivity contribution in [3.8, 4) is 22.3 Å². The Morgan fingerprint density at radius 3 is 1.84 bits per heavy atom. The smallest absolute Gasteiger partial charge is 0.136 e. The van der Waals surface area contributed by atoms with E-state index in [4.69, 9.17) is 4.42 Å². The molecule has 0 atom stereocenters. The zero-order chi connectivity index (χ0) is 32.3. The largest absolute Gasteiger partial charge is 0.456 e. The summed E-state index contributed by atoms with van der Waals surface area (Å²) in [4.78, 5) is 2.34. The third kappa shape index (κ3) is 4.55. The lowest BCUT2D eigenvalue weighted by Crippen LogP contribution is -2.09. The first-order valence-electron chi connectivity index (χ1n) is 16.6. The van der Waals surface area contributed by atoms with Gasteiger partial charge in [-0.15, -0.1) is 11.3 Å². The predicted molar refractivity (Wildman–Crippen MR) is 210 cm³/mol. The highest BCUT2D eigenvalue weighted by Gasteiger charge is 2.19. The molecule has 2 heterocycles. The summed E-state index contributed by atoms with van der Waals surface area (Å²) in [5.41, 5.74) is 9.96. The van der Waals surface area contributed by atoms with Crippen LogP contribution >= 0.6 is 11.3 Å². The SMILES string of the molecule is c1ccc(-c2ccccc2-c2ccc(N(c3ccccc3)c3ccc4oc5ccc6c(sc7ccc8ccccc8c76)c5c4c3)cc2)cc1. The van der Waals surface area contributed by atoms with Crippen LogP contribution in [-0.4, -0.2) is 0 Å². The molecule has 0 radical (unpaired) electrons. The highest BCUT2D eigenvalue weighted by Crippen LogP contribution is 2.46. The Kier molecular flexibility index (Phi) is 6.39. The third-order valence-electron chi connectivity index (χ3n) is 9.66. The van der Waals surface area contributed by atoms with Crippen molar-refractivity contribution in [1.82, 2.24) is 0 Å². The van der Waals surface area contributed by atoms with Crippen LogP contribution in [0, 0.1) is 0 Å². The quantitative estimate of drug-likeness (QED) is 0.186. The lowest BCUT2D eigenvalue weighted by Gasteiger charge is -2.26. The zero-order valence-corrected chi connectivity index (χ0v) is 27.3. The van der Waals surface area contributed by atoms with E-state index in [0.717, 1.165) is 33.6 Å². The van der Waals surface area contributed by atoms with Gasteiger partial charge < -0.3 is 9.32 Å². The van der Waals surface area contributed by atoms with Crippen molar-refractivity contribution in [2.45, 2.75) is 0 Å². The molecule has 230 valence electrons. The van der Waals surface area contributed by atoms with Gasteiger partial charge in [-0.3, -0.25) is 0 Å². The third-order valence-corrected chi connectivity index (χ3v) is 10.9. The van der Waals surface area contributed by atoms with Crippen LogP contribution < -0.4 is 4.90 Å². The van der Waals surface area contributed by atoms with Crippen LogP contribution in [0.1, 0.15) is 0 Å². The number of thiophene rings is 1. The van der Waals surface area contributed by atoms with Crippen molar-refractivity contribution in [2.75, 3.05) is 4.90 Å². The van der Waals surface area contributed by atoms with Crippen molar-refractivity contribution in [2.24, 2.45) is 0 Å². The summed E-state index contributed by atoms with van der Waals surface area (Å²) in [7, 11) is 0. The van der Waals surface area contributed by atoms with Gasteiger partial charge in [0.1, 0.15) is 11.2 Å². The second kappa shape index (κ2) is 11.2. The first kappa shape index (κ1) is 27.9. The summed E-state index contributed by atoms with van der Waals surface area (Å²) in [5, 5.41) is 7.48. The van der Waals surface area contributed by atoms with E-state index >= 15 is 0 Å². The Bertz CT molecular complexity index is 2810. The molecule has 0 bridgehead atoms. The average molecular weight is 644 g/mol. The summed E-state index contributed by atoms with van der Waals surface area (Å²) in [6.45, 7) is 0. The van der Waals surface area contributed by atoms with Gasteiger partial charge in [0.05, 0.1) is 0 Å². The average Bonchev–Trinajstić information content (AvgIpc) is 3.74. The molecule has 0 aliphatic carbocycles. The predicted octanol–water partition coefficient (Wildman–Crippen LogP) is 13.9. The molecule has 10 aromatic rings. The van der Waals surface area contributed by atoms with Gasteiger partial charge in [0.25, 0.3) is 0 Å². The van der Waals surface area contributed by atoms with Gasteiger partial charge in [0.15, 0.2) is 0 Å². The van der Waals surface area contributed by atoms with Crippen LogP contribution in [0.25, 0.3) is 75.1 Å². The second-order valence-corrected chi connectivity index (χ2v) is 13.5. The van der Waals surface area contributed by atoms with E-state index in [1.807, 2.05) is 11.3 Å². The van der Waals surface area contributed by atoms with Crippen molar-refractivity contribution in [3.05, 3.63) is 176 Å². The molecule has 3 heteroatoms. The van der Waals surface area contributed by atoms with Crippen LogP contribution in [0.3, 0.4) is 0 Å². The Labute approximate surface area is 287 Å². The molecule has 0 N–H and O–H groups in total. The maximum absolute atomic E-state index is 6.49. The number of para-hydroxylation sites is 1. The molecule has 0 aliphatic heterocycles. The van der Waals surface area contributed by atoms with Crippen LogP contribution in [0.5, 0.6) is 0 Å². The molecule has 8 aromatic carbocycles. The second-order valence-electron chi connectivity index (χ2n) is 12.5. The monoisotopic (exact) mass is 643 g/mol. The van der Waals surface area contributed by atoms with Gasteiger partial charge in [-0.25, -0.2) is 0 Å². The van der Waals surface area contributed by atoms with Gasteiger partial charge in [0, 0.05) is 48.0 Å². The lowest BCUT2D eigenvalue weighted by molar-refractivity contribution is 0.669. The van der Waals surface area contributed by atoms with E-state index in [0.29, 0.717) is 0 Å². The Balaban J connectivity index is 1.14. The first-order chi connectivity index (χ1) is 24.3. The fourth-order valence-electron chi connectivity index (χ4n) is 7.41. The van der Waals surface area contributed by atoms with E-state index in [1.54, 1.807) is 0 Å². The maximum atomic E-state index is 6.49. The van der Waals surface area contributed by atoms with E-state index in [9.17, 15) is 0 Å². The number of nitrogens with zero attached hydrogens (tertiary/aromatic N) is 1. The van der Waals surface area contributed by atoms with Gasteiger partial charge >= 0.3 is 0 Å². The molecule has 0 spiro atoms. The van der Waals surface area contributed by atoms with E-state index in [2.05, 4.69) is 181 Å².